The van der Waals surface area contributed by atoms with Gasteiger partial charge in [-0.3, -0.25) is 9.59 Å². The number of esters is 1. The summed E-state index contributed by atoms with van der Waals surface area (Å²) in [6, 6.07) is 10.4. The van der Waals surface area contributed by atoms with Crippen LogP contribution in [0.2, 0.25) is 0 Å². The highest BCUT2D eigenvalue weighted by Gasteiger charge is 2.61. The Morgan fingerprint density at radius 2 is 1.81 bits per heavy atom. The number of rotatable bonds is 4. The smallest absolute Gasteiger partial charge is 0.302 e. The zero-order valence-corrected chi connectivity index (χ0v) is 19.6. The lowest BCUT2D eigenvalue weighted by Crippen LogP contribution is -2.54. The number of benzene rings is 1. The minimum atomic E-state index is -0.222. The molecule has 7 unspecified atom stereocenters. The van der Waals surface area contributed by atoms with E-state index in [4.69, 9.17) is 9.47 Å². The second-order valence-electron chi connectivity index (χ2n) is 11.1. The molecule has 0 aliphatic heterocycles. The van der Waals surface area contributed by atoms with Crippen molar-refractivity contribution in [3.8, 4) is 0 Å². The minimum absolute atomic E-state index is 0.0551. The first-order valence-corrected chi connectivity index (χ1v) is 12.4. The minimum Gasteiger partial charge on any atom is -0.462 e. The average Bonchev–Trinajstić information content (AvgIpc) is 3.10. The van der Waals surface area contributed by atoms with E-state index in [1.165, 1.54) is 18.1 Å². The van der Waals surface area contributed by atoms with Crippen molar-refractivity contribution in [1.29, 1.82) is 0 Å². The van der Waals surface area contributed by atoms with Crippen molar-refractivity contribution in [2.45, 2.75) is 84.5 Å². The molecule has 7 atom stereocenters. The predicted octanol–water partition coefficient (Wildman–Crippen LogP) is 5.65. The maximum absolute atomic E-state index is 13.5. The van der Waals surface area contributed by atoms with E-state index in [-0.39, 0.29) is 34.9 Å². The van der Waals surface area contributed by atoms with Crippen molar-refractivity contribution in [2.24, 2.45) is 28.6 Å². The average molecular weight is 437 g/mol. The fraction of sp³-hybridized carbons (Fsp3) is 0.643. The zero-order valence-electron chi connectivity index (χ0n) is 19.6. The van der Waals surface area contributed by atoms with Crippen LogP contribution in [0, 0.1) is 28.6 Å². The summed E-state index contributed by atoms with van der Waals surface area (Å²) in [5, 5.41) is 0. The highest BCUT2D eigenvalue weighted by Crippen LogP contribution is 2.64. The second kappa shape index (κ2) is 8.13. The maximum Gasteiger partial charge on any atom is 0.302 e. The van der Waals surface area contributed by atoms with Crippen LogP contribution in [-0.2, 0) is 25.7 Å². The molecule has 3 fully saturated rings. The molecule has 0 N–H and O–H groups in total. The molecule has 32 heavy (non-hydrogen) atoms. The Kier molecular flexibility index (Phi) is 5.56. The predicted molar refractivity (Wildman–Crippen MR) is 123 cm³/mol. The van der Waals surface area contributed by atoms with Gasteiger partial charge in [0.1, 0.15) is 6.10 Å². The molecule has 5 rings (SSSR count). The van der Waals surface area contributed by atoms with E-state index in [2.05, 4.69) is 38.1 Å². The number of hydrogen-bond acceptors (Lipinski definition) is 4. The first kappa shape index (κ1) is 21.9. The van der Waals surface area contributed by atoms with E-state index >= 15 is 0 Å². The Labute approximate surface area is 191 Å². The molecule has 0 radical (unpaired) electrons. The van der Waals surface area contributed by atoms with Crippen LogP contribution < -0.4 is 0 Å². The third kappa shape index (κ3) is 3.55. The largest absolute Gasteiger partial charge is 0.462 e. The summed E-state index contributed by atoms with van der Waals surface area (Å²) in [5.41, 5.74) is 2.56. The standard InChI is InChI=1S/C28H36O4/c1-18(29)32-21-11-13-27(2)20(15-21)16-24(30)26-22-9-10-25(28(22,3)14-12-23(26)27)31-17-19-7-5-4-6-8-19/h4-8,16,21-23,25-26H,9-15,17H2,1-3H3. The monoisotopic (exact) mass is 436 g/mol. The highest BCUT2D eigenvalue weighted by molar-refractivity contribution is 5.94. The summed E-state index contributed by atoms with van der Waals surface area (Å²) < 4.78 is 12.0. The lowest BCUT2D eigenvalue weighted by Gasteiger charge is -2.57. The fourth-order valence-electron chi connectivity index (χ4n) is 7.70. The molecule has 1 aromatic rings. The van der Waals surface area contributed by atoms with Gasteiger partial charge in [-0.1, -0.05) is 49.8 Å². The molecule has 4 aliphatic rings. The van der Waals surface area contributed by atoms with Gasteiger partial charge in [0, 0.05) is 19.3 Å². The Balaban J connectivity index is 1.35. The van der Waals surface area contributed by atoms with Gasteiger partial charge in [-0.05, 0) is 72.8 Å². The number of ketones is 1. The molecule has 4 heteroatoms. The molecule has 172 valence electrons. The third-order valence-corrected chi connectivity index (χ3v) is 9.44. The summed E-state index contributed by atoms with van der Waals surface area (Å²) >= 11 is 0. The Morgan fingerprint density at radius 3 is 2.56 bits per heavy atom. The van der Waals surface area contributed by atoms with E-state index < -0.39 is 0 Å². The molecule has 4 nitrogen and oxygen atoms in total. The van der Waals surface area contributed by atoms with Crippen molar-refractivity contribution in [3.05, 3.63) is 47.5 Å². The van der Waals surface area contributed by atoms with Crippen LogP contribution in [0.15, 0.2) is 42.0 Å². The van der Waals surface area contributed by atoms with Gasteiger partial charge in [-0.15, -0.1) is 0 Å². The Bertz CT molecular complexity index is 921. The molecule has 1 aromatic carbocycles. The number of fused-ring (bicyclic) bond motifs is 5. The molecule has 0 bridgehead atoms. The molecular formula is C28H36O4. The summed E-state index contributed by atoms with van der Waals surface area (Å²) in [6.45, 7) is 6.87. The van der Waals surface area contributed by atoms with Gasteiger partial charge in [0.25, 0.3) is 0 Å². The number of allylic oxidation sites excluding steroid dienone is 1. The van der Waals surface area contributed by atoms with Crippen LogP contribution in [0.4, 0.5) is 0 Å². The van der Waals surface area contributed by atoms with Crippen LogP contribution in [-0.4, -0.2) is 24.0 Å². The van der Waals surface area contributed by atoms with Gasteiger partial charge in [0.05, 0.1) is 12.7 Å². The van der Waals surface area contributed by atoms with Crippen LogP contribution in [0.3, 0.4) is 0 Å². The highest BCUT2D eigenvalue weighted by atomic mass is 16.5. The molecular weight excluding hydrogens is 400 g/mol. The van der Waals surface area contributed by atoms with E-state index in [1.54, 1.807) is 0 Å². The van der Waals surface area contributed by atoms with Crippen molar-refractivity contribution in [2.75, 3.05) is 0 Å². The molecule has 0 saturated heterocycles. The maximum atomic E-state index is 13.5. The first-order valence-electron chi connectivity index (χ1n) is 12.4. The van der Waals surface area contributed by atoms with E-state index in [1.807, 2.05) is 12.1 Å². The molecule has 4 aliphatic carbocycles. The van der Waals surface area contributed by atoms with Crippen LogP contribution >= 0.6 is 0 Å². The normalized spacial score (nSPS) is 40.7. The van der Waals surface area contributed by atoms with Gasteiger partial charge in [0.15, 0.2) is 5.78 Å². The fourth-order valence-corrected chi connectivity index (χ4v) is 7.70. The summed E-state index contributed by atoms with van der Waals surface area (Å²) in [7, 11) is 0. The van der Waals surface area contributed by atoms with Crippen LogP contribution in [0.5, 0.6) is 0 Å². The lowest BCUT2D eigenvalue weighted by atomic mass is 9.47. The SMILES string of the molecule is CC(=O)OC1CCC2(C)C(=CC(=O)C3C2CCC2(C)C(OCc4ccccc4)CCC32)C1. The molecule has 0 aromatic heterocycles. The van der Waals surface area contributed by atoms with Crippen molar-refractivity contribution >= 4 is 11.8 Å². The second-order valence-corrected chi connectivity index (χ2v) is 11.1. The first-order chi connectivity index (χ1) is 15.3. The van der Waals surface area contributed by atoms with E-state index in [0.29, 0.717) is 24.2 Å². The van der Waals surface area contributed by atoms with Gasteiger partial charge in [0.2, 0.25) is 0 Å². The number of ether oxygens (including phenoxy) is 2. The number of carbonyl (C=O) groups is 2. The van der Waals surface area contributed by atoms with Gasteiger partial charge < -0.3 is 9.47 Å². The van der Waals surface area contributed by atoms with Crippen molar-refractivity contribution in [3.63, 3.8) is 0 Å². The lowest BCUT2D eigenvalue weighted by molar-refractivity contribution is -0.150. The summed E-state index contributed by atoms with van der Waals surface area (Å²) in [5.74, 6) is 0.999. The van der Waals surface area contributed by atoms with Gasteiger partial charge >= 0.3 is 5.97 Å². The topological polar surface area (TPSA) is 52.6 Å². The number of hydrogen-bond donors (Lipinski definition) is 0. The van der Waals surface area contributed by atoms with E-state index in [0.717, 1.165) is 44.9 Å². The third-order valence-electron chi connectivity index (χ3n) is 9.44. The Morgan fingerprint density at radius 1 is 1.03 bits per heavy atom. The van der Waals surface area contributed by atoms with Crippen LogP contribution in [0.1, 0.15) is 71.3 Å². The summed E-state index contributed by atoms with van der Waals surface area (Å²) in [6.07, 6.45) is 9.05. The molecule has 0 heterocycles. The summed E-state index contributed by atoms with van der Waals surface area (Å²) in [4.78, 5) is 25.0. The molecule has 0 amide bonds. The van der Waals surface area contributed by atoms with Crippen molar-refractivity contribution in [1.82, 2.24) is 0 Å². The van der Waals surface area contributed by atoms with Gasteiger partial charge in [-0.2, -0.15) is 0 Å². The Hall–Kier alpha value is -1.94. The zero-order chi connectivity index (χ0) is 22.5. The molecule has 3 saturated carbocycles. The number of carbonyl (C=O) groups excluding carboxylic acids is 2. The quantitative estimate of drug-likeness (QED) is 0.573. The van der Waals surface area contributed by atoms with Crippen LogP contribution in [0.25, 0.3) is 0 Å². The molecule has 0 spiro atoms. The van der Waals surface area contributed by atoms with Crippen molar-refractivity contribution < 1.29 is 19.1 Å². The van der Waals surface area contributed by atoms with Gasteiger partial charge in [-0.25, -0.2) is 0 Å². The van der Waals surface area contributed by atoms with E-state index in [9.17, 15) is 9.59 Å².